The van der Waals surface area contributed by atoms with Gasteiger partial charge in [-0.15, -0.1) is 0 Å². The molecule has 0 aromatic carbocycles. The zero-order chi connectivity index (χ0) is 55.9. The van der Waals surface area contributed by atoms with Crippen molar-refractivity contribution >= 4 is 11.9 Å². The minimum Gasteiger partial charge on any atom is -0.466 e. The molecule has 0 aliphatic carbocycles. The van der Waals surface area contributed by atoms with E-state index in [0.717, 1.165) is 96.3 Å². The molecule has 1 rings (SSSR count). The highest BCUT2D eigenvalue weighted by atomic mass is 16.7. The van der Waals surface area contributed by atoms with Gasteiger partial charge in [0.2, 0.25) is 5.91 Å². The van der Waals surface area contributed by atoms with Crippen molar-refractivity contribution in [2.75, 3.05) is 19.8 Å². The van der Waals surface area contributed by atoms with E-state index in [1.165, 1.54) is 161 Å². The van der Waals surface area contributed by atoms with Crippen molar-refractivity contribution < 1.29 is 49.3 Å². The molecule has 7 atom stereocenters. The van der Waals surface area contributed by atoms with Gasteiger partial charge in [0.1, 0.15) is 24.4 Å². The van der Waals surface area contributed by atoms with Crippen LogP contribution in [0.5, 0.6) is 0 Å². The molecule has 0 radical (unpaired) electrons. The average Bonchev–Trinajstić information content (AvgIpc) is 3.43. The Morgan fingerprint density at radius 3 is 1.39 bits per heavy atom. The number of amides is 1. The molecule has 0 spiro atoms. The molecule has 11 nitrogen and oxygen atoms in total. The molecule has 1 aliphatic rings. The summed E-state index contributed by atoms with van der Waals surface area (Å²) >= 11 is 0. The fourth-order valence-corrected chi connectivity index (χ4v) is 9.73. The molecule has 1 heterocycles. The first kappa shape index (κ1) is 72.4. The summed E-state index contributed by atoms with van der Waals surface area (Å²) in [6.07, 6.45) is 61.8. The van der Waals surface area contributed by atoms with Crippen LogP contribution in [0.4, 0.5) is 0 Å². The number of carbonyl (C=O) groups is 2. The van der Waals surface area contributed by atoms with Gasteiger partial charge in [-0.1, -0.05) is 242 Å². The topological polar surface area (TPSA) is 175 Å². The Morgan fingerprint density at radius 2 is 0.883 bits per heavy atom. The quantitative estimate of drug-likeness (QED) is 0.0195. The van der Waals surface area contributed by atoms with Crippen LogP contribution in [0, 0.1) is 0 Å². The minimum absolute atomic E-state index is 0.00306. The Morgan fingerprint density at radius 1 is 0.481 bits per heavy atom. The number of allylic oxidation sites excluding steroid dienone is 9. The van der Waals surface area contributed by atoms with E-state index in [4.69, 9.17) is 14.2 Å². The molecular formula is C66H119NO10. The van der Waals surface area contributed by atoms with Crippen LogP contribution in [0.1, 0.15) is 284 Å². The summed E-state index contributed by atoms with van der Waals surface area (Å²) in [6, 6.07) is -0.840. The van der Waals surface area contributed by atoms with Gasteiger partial charge >= 0.3 is 5.97 Å². The van der Waals surface area contributed by atoms with Crippen LogP contribution in [-0.2, 0) is 23.8 Å². The van der Waals surface area contributed by atoms with Gasteiger partial charge in [-0.05, 0) is 89.9 Å². The maximum absolute atomic E-state index is 13.0. The number of esters is 1. The van der Waals surface area contributed by atoms with E-state index in [9.17, 15) is 35.1 Å². The number of aliphatic hydroxyl groups excluding tert-OH is 5. The van der Waals surface area contributed by atoms with Crippen molar-refractivity contribution in [3.8, 4) is 0 Å². The number of carbonyl (C=O) groups excluding carboxylic acids is 2. The number of nitrogens with one attached hydrogen (secondary N) is 1. The lowest BCUT2D eigenvalue weighted by Crippen LogP contribution is -2.60. The Balaban J connectivity index is 2.07. The van der Waals surface area contributed by atoms with Crippen LogP contribution in [0.25, 0.3) is 0 Å². The summed E-state index contributed by atoms with van der Waals surface area (Å²) in [5.74, 6) is -0.207. The summed E-state index contributed by atoms with van der Waals surface area (Å²) in [5, 5.41) is 54.4. The number of hydrogen-bond acceptors (Lipinski definition) is 10. The largest absolute Gasteiger partial charge is 0.466 e. The second kappa shape index (κ2) is 55.3. The van der Waals surface area contributed by atoms with Crippen molar-refractivity contribution in [1.82, 2.24) is 5.32 Å². The highest BCUT2D eigenvalue weighted by Crippen LogP contribution is 2.23. The highest BCUT2D eigenvalue weighted by Gasteiger charge is 2.44. The third-order valence-corrected chi connectivity index (χ3v) is 14.8. The van der Waals surface area contributed by atoms with E-state index in [0.29, 0.717) is 19.4 Å². The Hall–Kier alpha value is -2.64. The van der Waals surface area contributed by atoms with Gasteiger partial charge in [0.25, 0.3) is 0 Å². The van der Waals surface area contributed by atoms with E-state index >= 15 is 0 Å². The molecular weight excluding hydrogens is 967 g/mol. The molecule has 1 saturated heterocycles. The van der Waals surface area contributed by atoms with Crippen molar-refractivity contribution in [3.05, 3.63) is 60.8 Å². The van der Waals surface area contributed by atoms with E-state index < -0.39 is 49.5 Å². The van der Waals surface area contributed by atoms with Crippen LogP contribution in [0.2, 0.25) is 0 Å². The zero-order valence-corrected chi connectivity index (χ0v) is 49.4. The molecule has 11 heteroatoms. The van der Waals surface area contributed by atoms with Gasteiger partial charge < -0.3 is 45.1 Å². The Labute approximate surface area is 471 Å². The number of aliphatic hydroxyl groups is 5. The molecule has 0 aromatic heterocycles. The number of unbranched alkanes of at least 4 members (excludes halogenated alkanes) is 33. The summed E-state index contributed by atoms with van der Waals surface area (Å²) in [7, 11) is 0. The first-order valence-corrected chi connectivity index (χ1v) is 32.1. The molecule has 1 amide bonds. The predicted molar refractivity (Wildman–Crippen MR) is 320 cm³/mol. The summed E-state index contributed by atoms with van der Waals surface area (Å²) in [4.78, 5) is 25.1. The predicted octanol–water partition coefficient (Wildman–Crippen LogP) is 15.4. The maximum Gasteiger partial charge on any atom is 0.305 e. The van der Waals surface area contributed by atoms with Crippen molar-refractivity contribution in [2.45, 2.75) is 326 Å². The molecule has 0 bridgehead atoms. The van der Waals surface area contributed by atoms with Crippen LogP contribution in [0.15, 0.2) is 60.8 Å². The summed E-state index contributed by atoms with van der Waals surface area (Å²) in [5.41, 5.74) is 0. The van der Waals surface area contributed by atoms with E-state index in [2.05, 4.69) is 67.8 Å². The molecule has 1 aliphatic heterocycles. The second-order valence-corrected chi connectivity index (χ2v) is 22.1. The number of hydrogen-bond donors (Lipinski definition) is 6. The average molecular weight is 1090 g/mol. The van der Waals surface area contributed by atoms with Crippen LogP contribution in [-0.4, -0.2) is 100 Å². The first-order chi connectivity index (χ1) is 37.7. The smallest absolute Gasteiger partial charge is 0.305 e. The van der Waals surface area contributed by atoms with Crippen molar-refractivity contribution in [2.24, 2.45) is 0 Å². The lowest BCUT2D eigenvalue weighted by molar-refractivity contribution is -0.302. The lowest BCUT2D eigenvalue weighted by atomic mass is 9.99. The fourth-order valence-electron chi connectivity index (χ4n) is 9.73. The standard InChI is InChI=1S/C66H119NO10/c1-3-5-7-9-11-13-15-29-33-36-40-44-48-52-59(69)58(57-76-66-65(74)64(73)63(72)60(56-68)77-66)67-61(70)53-49-45-41-37-34-30-27-25-23-21-19-17-16-18-20-22-24-26-28-31-35-39-43-47-51-55-75-62(71)54-50-46-42-38-32-14-12-10-8-6-4-2/h11,13,17-20,33,36,48,52,58-60,63-66,68-69,72-74H,3-10,12,14-16,21-32,34-35,37-47,49-51,53-57H2,1-2H3,(H,67,70)/b13-11+,19-17-,20-18-,36-33+,52-48+. The van der Waals surface area contributed by atoms with Crippen molar-refractivity contribution in [3.63, 3.8) is 0 Å². The van der Waals surface area contributed by atoms with Gasteiger partial charge in [-0.3, -0.25) is 9.59 Å². The van der Waals surface area contributed by atoms with Gasteiger partial charge in [0.15, 0.2) is 6.29 Å². The first-order valence-electron chi connectivity index (χ1n) is 32.1. The molecule has 1 fully saturated rings. The van der Waals surface area contributed by atoms with Crippen LogP contribution in [0.3, 0.4) is 0 Å². The van der Waals surface area contributed by atoms with Gasteiger partial charge in [0, 0.05) is 12.8 Å². The van der Waals surface area contributed by atoms with E-state index in [1.807, 2.05) is 6.08 Å². The SMILES string of the molecule is CCCCC/C=C/CC/C=C/CC/C=C/C(O)C(COC1OC(CO)C(O)C(O)C1O)NC(=O)CCCCCCCCCCC/C=C\C/C=C\CCCCCCCCCCCOC(=O)CCCCCCCCCCCCC. The van der Waals surface area contributed by atoms with E-state index in [1.54, 1.807) is 6.08 Å². The molecule has 448 valence electrons. The third-order valence-electron chi connectivity index (χ3n) is 14.8. The normalized spacial score (nSPS) is 19.0. The van der Waals surface area contributed by atoms with Crippen molar-refractivity contribution in [1.29, 1.82) is 0 Å². The van der Waals surface area contributed by atoms with Gasteiger partial charge in [-0.25, -0.2) is 0 Å². The molecule has 77 heavy (non-hydrogen) atoms. The molecule has 7 unspecified atom stereocenters. The fraction of sp³-hybridized carbons (Fsp3) is 0.818. The zero-order valence-electron chi connectivity index (χ0n) is 49.4. The van der Waals surface area contributed by atoms with Gasteiger partial charge in [-0.2, -0.15) is 0 Å². The molecule has 0 aromatic rings. The molecule has 0 saturated carbocycles. The summed E-state index contributed by atoms with van der Waals surface area (Å²) < 4.78 is 16.7. The maximum atomic E-state index is 13.0. The lowest BCUT2D eigenvalue weighted by Gasteiger charge is -2.40. The number of rotatable bonds is 55. The third kappa shape index (κ3) is 44.8. The Kier molecular flexibility index (Phi) is 52.0. The Bertz CT molecular complexity index is 1460. The van der Waals surface area contributed by atoms with Crippen LogP contribution < -0.4 is 5.32 Å². The number of ether oxygens (including phenoxy) is 3. The van der Waals surface area contributed by atoms with E-state index in [-0.39, 0.29) is 18.5 Å². The highest BCUT2D eigenvalue weighted by molar-refractivity contribution is 5.76. The van der Waals surface area contributed by atoms with Crippen LogP contribution >= 0.6 is 0 Å². The van der Waals surface area contributed by atoms with Gasteiger partial charge in [0.05, 0.1) is 32.0 Å². The second-order valence-electron chi connectivity index (χ2n) is 22.1. The summed E-state index contributed by atoms with van der Waals surface area (Å²) in [6.45, 7) is 4.28. The molecule has 6 N–H and O–H groups in total. The minimum atomic E-state index is -1.58. The monoisotopic (exact) mass is 1090 g/mol.